The number of pyridine rings is 1. The van der Waals surface area contributed by atoms with Crippen molar-refractivity contribution in [3.05, 3.63) is 30.0 Å². The van der Waals surface area contributed by atoms with E-state index >= 15 is 0 Å². The molecule has 0 radical (unpaired) electrons. The minimum atomic E-state index is -4.61. The summed E-state index contributed by atoms with van der Waals surface area (Å²) in [4.78, 5) is 14.2. The maximum Gasteiger partial charge on any atom is 0.267 e. The molecule has 0 bridgehead atoms. The topological polar surface area (TPSA) is 243 Å². The number of carbonyl (C=O) groups is 1. The lowest BCUT2D eigenvalue weighted by atomic mass is 9.99. The Balaban J connectivity index is 2.09. The number of sulfonamides is 1. The predicted molar refractivity (Wildman–Crippen MR) is 111 cm³/mol. The number of H-pyrrole nitrogens is 1. The van der Waals surface area contributed by atoms with E-state index in [9.17, 15) is 21.6 Å². The molecule has 0 unspecified atom stereocenters. The number of nitrogens with zero attached hydrogens (tertiary/aromatic N) is 4. The number of nitrogens with two attached hydrogens (primary N) is 3. The van der Waals surface area contributed by atoms with Crippen molar-refractivity contribution >= 4 is 31.6 Å². The lowest BCUT2D eigenvalue weighted by Gasteiger charge is -2.28. The van der Waals surface area contributed by atoms with Gasteiger partial charge in [0.05, 0.1) is 15.7 Å². The van der Waals surface area contributed by atoms with Gasteiger partial charge in [-0.1, -0.05) is 6.07 Å². The Kier molecular flexibility index (Phi) is 5.16. The van der Waals surface area contributed by atoms with E-state index in [1.54, 1.807) is 0 Å². The third kappa shape index (κ3) is 3.58. The molecule has 1 amide bonds. The molecule has 8 N–H and O–H groups in total. The van der Waals surface area contributed by atoms with Crippen LogP contribution in [0.3, 0.4) is 0 Å². The van der Waals surface area contributed by atoms with Crippen molar-refractivity contribution in [2.24, 2.45) is 10.9 Å². The van der Waals surface area contributed by atoms with Crippen LogP contribution in [0.4, 0.5) is 5.82 Å². The maximum atomic E-state index is 13.1. The van der Waals surface area contributed by atoms with Crippen molar-refractivity contribution in [1.82, 2.24) is 30.9 Å². The zero-order chi connectivity index (χ0) is 23.3. The molecule has 1 aromatic carbocycles. The summed E-state index contributed by atoms with van der Waals surface area (Å²) in [5.74, 6) is -1.14. The van der Waals surface area contributed by atoms with E-state index < -0.39 is 40.8 Å². The number of aromatic nitrogens is 5. The number of rotatable bonds is 6. The third-order valence-electron chi connectivity index (χ3n) is 4.94. The van der Waals surface area contributed by atoms with Gasteiger partial charge in [-0.25, -0.2) is 32.1 Å². The smallest absolute Gasteiger partial charge is 0.267 e. The molecule has 1 fully saturated rings. The summed E-state index contributed by atoms with van der Waals surface area (Å²) in [5, 5.41) is 20.5. The number of nitrogen functional groups attached to an aromatic ring is 1. The number of amides is 1. The van der Waals surface area contributed by atoms with Crippen molar-refractivity contribution in [1.29, 1.82) is 0 Å². The van der Waals surface area contributed by atoms with E-state index in [1.807, 2.05) is 0 Å². The van der Waals surface area contributed by atoms with E-state index in [1.165, 1.54) is 18.2 Å². The average Bonchev–Trinajstić information content (AvgIpc) is 3.18. The maximum absolute atomic E-state index is 13.1. The largest absolute Gasteiger partial charge is 0.383 e. The Bertz CT molecular complexity index is 1430. The summed E-state index contributed by atoms with van der Waals surface area (Å²) in [6.07, 6.45) is 0. The van der Waals surface area contributed by atoms with Gasteiger partial charge in [0.1, 0.15) is 16.4 Å². The monoisotopic (exact) mass is 479 g/mol. The first kappa shape index (κ1) is 21.8. The quantitative estimate of drug-likeness (QED) is 0.259. The molecule has 1 saturated heterocycles. The Labute approximate surface area is 181 Å². The summed E-state index contributed by atoms with van der Waals surface area (Å²) in [7, 11) is -8.68. The van der Waals surface area contributed by atoms with Crippen LogP contribution < -0.4 is 21.9 Å². The fourth-order valence-corrected chi connectivity index (χ4v) is 6.48. The van der Waals surface area contributed by atoms with Crippen LogP contribution in [-0.2, 0) is 19.9 Å². The Morgan fingerprint density at radius 2 is 1.75 bits per heavy atom. The molecule has 3 heterocycles. The van der Waals surface area contributed by atoms with Crippen LogP contribution in [0.15, 0.2) is 34.1 Å². The minimum absolute atomic E-state index is 0.113. The highest BCUT2D eigenvalue weighted by Crippen LogP contribution is 2.41. The molecule has 0 atom stereocenters. The highest BCUT2D eigenvalue weighted by Gasteiger charge is 2.38. The van der Waals surface area contributed by atoms with Gasteiger partial charge in [-0.3, -0.25) is 4.79 Å². The van der Waals surface area contributed by atoms with Gasteiger partial charge in [0.15, 0.2) is 15.7 Å². The second-order valence-corrected chi connectivity index (χ2v) is 10.6. The van der Waals surface area contributed by atoms with Gasteiger partial charge < -0.3 is 16.8 Å². The SMILES string of the molecule is NC(=O)c1ccc(-c2ccc(S(=O)(=O)C3CNC3)c(S(N)(=O)=O)c2-c2nnn[nH]2)c(N)n1. The van der Waals surface area contributed by atoms with Crippen LogP contribution in [0.25, 0.3) is 22.5 Å². The van der Waals surface area contributed by atoms with Crippen LogP contribution in [0.5, 0.6) is 0 Å². The molecule has 0 saturated carbocycles. The average molecular weight is 480 g/mol. The first-order chi connectivity index (χ1) is 15.0. The van der Waals surface area contributed by atoms with Crippen LogP contribution >= 0.6 is 0 Å². The summed E-state index contributed by atoms with van der Waals surface area (Å²) < 4.78 is 51.6. The van der Waals surface area contributed by atoms with Crippen LogP contribution in [0, 0.1) is 0 Å². The van der Waals surface area contributed by atoms with Crippen molar-refractivity contribution in [2.75, 3.05) is 18.8 Å². The third-order valence-corrected chi connectivity index (χ3v) is 8.23. The number of primary amides is 1. The van der Waals surface area contributed by atoms with Crippen molar-refractivity contribution < 1.29 is 21.6 Å². The van der Waals surface area contributed by atoms with Gasteiger partial charge in [-0.15, -0.1) is 5.10 Å². The summed E-state index contributed by atoms with van der Waals surface area (Å²) >= 11 is 0. The van der Waals surface area contributed by atoms with E-state index in [-0.39, 0.29) is 47.1 Å². The first-order valence-corrected chi connectivity index (χ1v) is 12.1. The Morgan fingerprint density at radius 1 is 1.06 bits per heavy atom. The predicted octanol–water partition coefficient (Wildman–Crippen LogP) is -2.00. The highest BCUT2D eigenvalue weighted by molar-refractivity contribution is 7.94. The Morgan fingerprint density at radius 3 is 2.25 bits per heavy atom. The summed E-state index contributed by atoms with van der Waals surface area (Å²) in [6, 6.07) is 5.17. The first-order valence-electron chi connectivity index (χ1n) is 8.97. The van der Waals surface area contributed by atoms with Crippen LogP contribution in [-0.4, -0.2) is 66.7 Å². The van der Waals surface area contributed by atoms with Crippen LogP contribution in [0.2, 0.25) is 0 Å². The number of hydrogen-bond donors (Lipinski definition) is 5. The fourth-order valence-electron chi connectivity index (χ4n) is 3.30. The minimum Gasteiger partial charge on any atom is -0.383 e. The van der Waals surface area contributed by atoms with Gasteiger partial charge in [0.25, 0.3) is 5.91 Å². The van der Waals surface area contributed by atoms with Crippen molar-refractivity contribution in [3.63, 3.8) is 0 Å². The van der Waals surface area contributed by atoms with Crippen molar-refractivity contribution in [3.8, 4) is 22.5 Å². The number of tetrazole rings is 1. The molecule has 1 aliphatic rings. The lowest BCUT2D eigenvalue weighted by Crippen LogP contribution is -2.51. The van der Waals surface area contributed by atoms with Gasteiger partial charge in [-0.05, 0) is 34.2 Å². The number of primary sulfonamides is 1. The number of hydrogen-bond acceptors (Lipinski definition) is 11. The molecule has 14 nitrogen and oxygen atoms in total. The lowest BCUT2D eigenvalue weighted by molar-refractivity contribution is 0.0995. The number of carbonyl (C=O) groups excluding carboxylic acids is 1. The molecule has 0 spiro atoms. The number of sulfone groups is 1. The summed E-state index contributed by atoms with van der Waals surface area (Å²) in [5.41, 5.74) is 11.2. The number of nitrogens with one attached hydrogen (secondary N) is 2. The number of benzene rings is 1. The number of aromatic amines is 1. The highest BCUT2D eigenvalue weighted by atomic mass is 32.2. The van der Waals surface area contributed by atoms with E-state index in [4.69, 9.17) is 16.6 Å². The molecular weight excluding hydrogens is 462 g/mol. The van der Waals surface area contributed by atoms with E-state index in [2.05, 4.69) is 30.9 Å². The van der Waals surface area contributed by atoms with Crippen LogP contribution in [0.1, 0.15) is 10.5 Å². The van der Waals surface area contributed by atoms with Gasteiger partial charge in [0.2, 0.25) is 10.0 Å². The molecule has 32 heavy (non-hydrogen) atoms. The Hall–Kier alpha value is -3.47. The fraction of sp³-hybridized carbons (Fsp3) is 0.188. The molecule has 16 heteroatoms. The molecule has 3 aromatic rings. The summed E-state index contributed by atoms with van der Waals surface area (Å²) in [6.45, 7) is 0.331. The van der Waals surface area contributed by atoms with Crippen molar-refractivity contribution in [2.45, 2.75) is 15.0 Å². The number of anilines is 1. The standard InChI is InChI=1S/C16H17N9O5S2/c17-14-9(1-3-10(21-14)15(18)26)8-2-4-11(31(27,28)7-5-20-6-7)13(32(19,29)30)12(8)16-22-24-25-23-16/h1-4,7,20H,5-6H2,(H2,17,21)(H2,18,26)(H2,19,29,30)(H,22,23,24,25). The molecule has 1 aliphatic heterocycles. The molecule has 0 aliphatic carbocycles. The van der Waals surface area contributed by atoms with E-state index in [0.717, 1.165) is 6.07 Å². The van der Waals surface area contributed by atoms with Gasteiger partial charge in [-0.2, -0.15) is 0 Å². The second kappa shape index (κ2) is 7.59. The normalized spacial score (nSPS) is 14.8. The van der Waals surface area contributed by atoms with Gasteiger partial charge in [0, 0.05) is 18.7 Å². The van der Waals surface area contributed by atoms with E-state index in [0.29, 0.717) is 0 Å². The molecule has 168 valence electrons. The van der Waals surface area contributed by atoms with Gasteiger partial charge >= 0.3 is 0 Å². The molecular formula is C16H17N9O5S2. The molecule has 2 aromatic heterocycles. The zero-order valence-electron chi connectivity index (χ0n) is 16.2. The molecule has 4 rings (SSSR count). The zero-order valence-corrected chi connectivity index (χ0v) is 17.8. The second-order valence-electron chi connectivity index (χ2n) is 6.93.